The van der Waals surface area contributed by atoms with Gasteiger partial charge < -0.3 is 4.74 Å². The molecule has 0 fully saturated rings. The minimum Gasteiger partial charge on any atom is -0.460 e. The minimum atomic E-state index is -1.74. The first kappa shape index (κ1) is 10.8. The Balaban J connectivity index is 2.99. The molecule has 1 aromatic rings. The van der Waals surface area contributed by atoms with E-state index in [9.17, 15) is 4.79 Å². The van der Waals surface area contributed by atoms with E-state index in [1.165, 1.54) is 0 Å². The van der Waals surface area contributed by atoms with E-state index in [0.717, 1.165) is 0 Å². The fourth-order valence-corrected chi connectivity index (χ4v) is 2.04. The van der Waals surface area contributed by atoms with Crippen molar-refractivity contribution in [1.82, 2.24) is 19.9 Å². The molecule has 0 bridgehead atoms. The quantitative estimate of drug-likeness (QED) is 0.542. The van der Waals surface area contributed by atoms with Gasteiger partial charge in [0.1, 0.15) is 0 Å². The maximum Gasteiger partial charge on any atom is 0.377 e. The van der Waals surface area contributed by atoms with Crippen LogP contribution in [0.25, 0.3) is 0 Å². The highest BCUT2D eigenvalue weighted by Crippen LogP contribution is 2.06. The molecule has 0 aliphatic carbocycles. The van der Waals surface area contributed by atoms with Crippen LogP contribution in [-0.2, 0) is 4.74 Å². The summed E-state index contributed by atoms with van der Waals surface area (Å²) in [5, 5.41) is 11.0. The van der Waals surface area contributed by atoms with Crippen LogP contribution in [0, 0.1) is 0 Å². The van der Waals surface area contributed by atoms with Crippen molar-refractivity contribution in [3.8, 4) is 0 Å². The number of esters is 1. The van der Waals surface area contributed by atoms with Gasteiger partial charge in [-0.1, -0.05) is 5.21 Å². The van der Waals surface area contributed by atoms with Crippen molar-refractivity contribution >= 4 is 14.2 Å². The first-order chi connectivity index (χ1) is 6.46. The van der Waals surface area contributed by atoms with E-state index < -0.39 is 14.2 Å². The lowest BCUT2D eigenvalue weighted by molar-refractivity contribution is 0.0509. The highest BCUT2D eigenvalue weighted by Gasteiger charge is 2.26. The number of tetrazole rings is 1. The van der Waals surface area contributed by atoms with E-state index in [-0.39, 0.29) is 5.82 Å². The molecule has 0 aromatic carbocycles. The zero-order valence-corrected chi connectivity index (χ0v) is 9.81. The maximum atomic E-state index is 11.4. The number of rotatable bonds is 3. The van der Waals surface area contributed by atoms with Gasteiger partial charge in [-0.05, 0) is 31.8 Å². The van der Waals surface area contributed by atoms with E-state index in [1.807, 2.05) is 19.6 Å². The van der Waals surface area contributed by atoms with Gasteiger partial charge in [0.05, 0.1) is 6.61 Å². The second kappa shape index (κ2) is 3.87. The fraction of sp³-hybridized carbons (Fsp3) is 0.714. The molecule has 0 saturated heterocycles. The molecule has 0 aliphatic rings. The molecular formula is C7H14N4O2Si. The molecule has 0 aliphatic heterocycles. The van der Waals surface area contributed by atoms with Crippen molar-refractivity contribution in [2.75, 3.05) is 6.61 Å². The van der Waals surface area contributed by atoms with Gasteiger partial charge in [-0.25, -0.2) is 4.79 Å². The standard InChI is InChI=1S/C7H14N4O2Si/c1-5-13-7(12)6-8-9-10-11(6)14(2,3)4/h5H2,1-4H3. The van der Waals surface area contributed by atoms with Crippen molar-refractivity contribution in [1.29, 1.82) is 0 Å². The number of hydrogen-bond acceptors (Lipinski definition) is 5. The second-order valence-electron chi connectivity index (χ2n) is 3.81. The third kappa shape index (κ3) is 2.16. The van der Waals surface area contributed by atoms with Crippen LogP contribution in [0.3, 0.4) is 0 Å². The monoisotopic (exact) mass is 214 g/mol. The number of carbonyl (C=O) groups is 1. The molecule has 0 amide bonds. The van der Waals surface area contributed by atoms with Crippen LogP contribution >= 0.6 is 0 Å². The average Bonchev–Trinajstić information content (AvgIpc) is 2.50. The Morgan fingerprint density at radius 1 is 1.50 bits per heavy atom. The number of aromatic nitrogens is 4. The largest absolute Gasteiger partial charge is 0.460 e. The topological polar surface area (TPSA) is 69.9 Å². The summed E-state index contributed by atoms with van der Waals surface area (Å²) in [6.07, 6.45) is 0. The zero-order chi connectivity index (χ0) is 10.8. The van der Waals surface area contributed by atoms with Crippen molar-refractivity contribution in [2.24, 2.45) is 0 Å². The van der Waals surface area contributed by atoms with Gasteiger partial charge in [-0.3, -0.25) is 4.35 Å². The number of hydrogen-bond donors (Lipinski definition) is 0. The average molecular weight is 214 g/mol. The predicted octanol–water partition coefficient (Wildman–Crippen LogP) is 0.533. The van der Waals surface area contributed by atoms with Gasteiger partial charge >= 0.3 is 5.97 Å². The Morgan fingerprint density at radius 2 is 2.14 bits per heavy atom. The lowest BCUT2D eigenvalue weighted by atomic mass is 10.6. The van der Waals surface area contributed by atoms with Gasteiger partial charge in [-0.2, -0.15) is 0 Å². The van der Waals surface area contributed by atoms with Gasteiger partial charge in [0, 0.05) is 0 Å². The summed E-state index contributed by atoms with van der Waals surface area (Å²) in [5.74, 6) is -0.258. The first-order valence-electron chi connectivity index (χ1n) is 4.42. The molecule has 7 heteroatoms. The van der Waals surface area contributed by atoms with Gasteiger partial charge in [0.15, 0.2) is 8.24 Å². The second-order valence-corrected chi connectivity index (χ2v) is 8.57. The molecule has 0 saturated carbocycles. The van der Waals surface area contributed by atoms with Crippen LogP contribution in [0.2, 0.25) is 19.6 Å². The third-order valence-corrected chi connectivity index (χ3v) is 3.13. The number of ether oxygens (including phenoxy) is 1. The molecule has 14 heavy (non-hydrogen) atoms. The van der Waals surface area contributed by atoms with E-state index >= 15 is 0 Å². The van der Waals surface area contributed by atoms with Gasteiger partial charge in [0.2, 0.25) is 0 Å². The Hall–Kier alpha value is -1.24. The Morgan fingerprint density at radius 3 is 2.64 bits per heavy atom. The molecule has 1 heterocycles. The van der Waals surface area contributed by atoms with E-state index in [1.54, 1.807) is 11.3 Å². The third-order valence-electron chi connectivity index (χ3n) is 1.56. The molecule has 0 atom stereocenters. The normalized spacial score (nSPS) is 11.4. The maximum absolute atomic E-state index is 11.4. The molecule has 1 aromatic heterocycles. The molecule has 6 nitrogen and oxygen atoms in total. The summed E-state index contributed by atoms with van der Waals surface area (Å²) >= 11 is 0. The number of nitrogens with zero attached hydrogens (tertiary/aromatic N) is 4. The van der Waals surface area contributed by atoms with Crippen LogP contribution in [0.5, 0.6) is 0 Å². The molecular weight excluding hydrogens is 200 g/mol. The van der Waals surface area contributed by atoms with Crippen molar-refractivity contribution in [2.45, 2.75) is 26.6 Å². The van der Waals surface area contributed by atoms with E-state index in [2.05, 4.69) is 15.5 Å². The van der Waals surface area contributed by atoms with Crippen molar-refractivity contribution in [3.05, 3.63) is 5.82 Å². The van der Waals surface area contributed by atoms with Crippen molar-refractivity contribution < 1.29 is 9.53 Å². The smallest absolute Gasteiger partial charge is 0.377 e. The minimum absolute atomic E-state index is 0.200. The SMILES string of the molecule is CCOC(=O)c1nnnn1[Si](C)(C)C. The Labute approximate surface area is 83.3 Å². The molecule has 0 N–H and O–H groups in total. The zero-order valence-electron chi connectivity index (χ0n) is 8.81. The summed E-state index contributed by atoms with van der Waals surface area (Å²) < 4.78 is 6.43. The summed E-state index contributed by atoms with van der Waals surface area (Å²) in [4.78, 5) is 11.4. The molecule has 0 radical (unpaired) electrons. The first-order valence-corrected chi connectivity index (χ1v) is 7.87. The highest BCUT2D eigenvalue weighted by atomic mass is 28.3. The Bertz CT molecular complexity index is 331. The summed E-state index contributed by atoms with van der Waals surface area (Å²) in [7, 11) is -1.74. The highest BCUT2D eigenvalue weighted by molar-refractivity contribution is 6.74. The van der Waals surface area contributed by atoms with Crippen molar-refractivity contribution in [3.63, 3.8) is 0 Å². The van der Waals surface area contributed by atoms with E-state index in [0.29, 0.717) is 6.61 Å². The Kier molecular flexibility index (Phi) is 2.99. The van der Waals surface area contributed by atoms with Crippen LogP contribution < -0.4 is 0 Å². The molecule has 78 valence electrons. The molecule has 0 unspecified atom stereocenters. The van der Waals surface area contributed by atoms with Crippen LogP contribution in [-0.4, -0.2) is 40.7 Å². The van der Waals surface area contributed by atoms with Gasteiger partial charge in [0.25, 0.3) is 5.82 Å². The van der Waals surface area contributed by atoms with Crippen LogP contribution in [0.4, 0.5) is 0 Å². The summed E-state index contributed by atoms with van der Waals surface area (Å²) in [5.41, 5.74) is 0. The van der Waals surface area contributed by atoms with Gasteiger partial charge in [-0.15, -0.1) is 5.10 Å². The molecule has 0 spiro atoms. The summed E-state index contributed by atoms with van der Waals surface area (Å²) in [6, 6.07) is 0. The van der Waals surface area contributed by atoms with Crippen LogP contribution in [0.1, 0.15) is 17.5 Å². The van der Waals surface area contributed by atoms with Crippen LogP contribution in [0.15, 0.2) is 0 Å². The predicted molar refractivity (Wildman–Crippen MR) is 52.5 cm³/mol. The fourth-order valence-electron chi connectivity index (χ4n) is 0.962. The lowest BCUT2D eigenvalue weighted by Gasteiger charge is -2.16. The molecule has 1 rings (SSSR count). The summed E-state index contributed by atoms with van der Waals surface area (Å²) in [6.45, 7) is 8.22. The number of carbonyl (C=O) groups excluding carboxylic acids is 1. The lowest BCUT2D eigenvalue weighted by Crippen LogP contribution is -2.36. The van der Waals surface area contributed by atoms with E-state index in [4.69, 9.17) is 4.74 Å².